The van der Waals surface area contributed by atoms with Crippen molar-refractivity contribution in [3.8, 4) is 0 Å². The van der Waals surface area contributed by atoms with E-state index in [9.17, 15) is 0 Å². The van der Waals surface area contributed by atoms with Crippen LogP contribution >= 0.6 is 11.6 Å². The summed E-state index contributed by atoms with van der Waals surface area (Å²) in [5, 5.41) is 4.68. The Bertz CT molecular complexity index is 240. The van der Waals surface area contributed by atoms with Crippen molar-refractivity contribution in [2.45, 2.75) is 13.5 Å². The van der Waals surface area contributed by atoms with Crippen LogP contribution in [0.15, 0.2) is 12.8 Å². The highest BCUT2D eigenvalue weighted by Crippen LogP contribution is 2.15. The van der Waals surface area contributed by atoms with E-state index in [-0.39, 0.29) is 0 Å². The molecule has 0 fully saturated rings. The lowest BCUT2D eigenvalue weighted by Crippen LogP contribution is -1.97. The number of hydrogen-bond donors (Lipinski definition) is 0. The monoisotopic (exact) mass is 156 g/mol. The molecule has 0 aliphatic carbocycles. The molecule has 1 aromatic rings. The van der Waals surface area contributed by atoms with Crippen molar-refractivity contribution >= 4 is 17.7 Å². The van der Waals surface area contributed by atoms with Gasteiger partial charge in [0.05, 0.1) is 16.9 Å². The Morgan fingerprint density at radius 3 is 3.00 bits per heavy atom. The second-order valence-electron chi connectivity index (χ2n) is 1.90. The largest absolute Gasteiger partial charge is 0.264 e. The molecule has 0 saturated heterocycles. The number of aryl methyl sites for hydroxylation is 1. The molecule has 54 valence electrons. The van der Waals surface area contributed by atoms with Crippen LogP contribution in [-0.2, 0) is 6.54 Å². The van der Waals surface area contributed by atoms with E-state index in [2.05, 4.69) is 11.7 Å². The van der Waals surface area contributed by atoms with Gasteiger partial charge in [0, 0.05) is 6.54 Å². The van der Waals surface area contributed by atoms with E-state index in [0.29, 0.717) is 5.02 Å². The number of rotatable bonds is 2. The predicted octanol–water partition coefficient (Wildman–Crippen LogP) is 2.20. The highest BCUT2D eigenvalue weighted by molar-refractivity contribution is 6.31. The maximum Gasteiger partial charge on any atom is 0.0859 e. The lowest BCUT2D eigenvalue weighted by atomic mass is 10.4. The third-order valence-electron chi connectivity index (χ3n) is 1.33. The molecule has 0 atom stereocenters. The summed E-state index contributed by atoms with van der Waals surface area (Å²) in [7, 11) is 0. The van der Waals surface area contributed by atoms with Gasteiger partial charge in [0.25, 0.3) is 0 Å². The molecular formula is C7H9ClN2. The highest BCUT2D eigenvalue weighted by Gasteiger charge is 2.01. The Morgan fingerprint density at radius 1 is 1.90 bits per heavy atom. The molecule has 0 saturated carbocycles. The molecule has 0 N–H and O–H groups in total. The van der Waals surface area contributed by atoms with Crippen molar-refractivity contribution < 1.29 is 0 Å². The van der Waals surface area contributed by atoms with Gasteiger partial charge in [0.15, 0.2) is 0 Å². The van der Waals surface area contributed by atoms with Crippen LogP contribution in [0.3, 0.4) is 0 Å². The highest BCUT2D eigenvalue weighted by atomic mass is 35.5. The third kappa shape index (κ3) is 1.07. The molecule has 3 heteroatoms. The minimum atomic E-state index is 0.664. The van der Waals surface area contributed by atoms with E-state index in [0.717, 1.165) is 12.2 Å². The van der Waals surface area contributed by atoms with Crippen molar-refractivity contribution in [1.29, 1.82) is 0 Å². The van der Waals surface area contributed by atoms with E-state index in [1.807, 2.05) is 6.92 Å². The number of halogens is 1. The number of aromatic nitrogens is 2. The molecule has 0 amide bonds. The van der Waals surface area contributed by atoms with Gasteiger partial charge >= 0.3 is 0 Å². The summed E-state index contributed by atoms with van der Waals surface area (Å²) in [5.74, 6) is 0. The predicted molar refractivity (Wildman–Crippen MR) is 43.0 cm³/mol. The summed E-state index contributed by atoms with van der Waals surface area (Å²) in [6.45, 7) is 6.47. The summed E-state index contributed by atoms with van der Waals surface area (Å²) >= 11 is 5.77. The van der Waals surface area contributed by atoms with Gasteiger partial charge < -0.3 is 0 Å². The molecule has 0 radical (unpaired) electrons. The van der Waals surface area contributed by atoms with Crippen LogP contribution in [0, 0.1) is 0 Å². The summed E-state index contributed by atoms with van der Waals surface area (Å²) in [4.78, 5) is 0. The summed E-state index contributed by atoms with van der Waals surface area (Å²) in [6, 6.07) is 0. The fraction of sp³-hybridized carbons (Fsp3) is 0.286. The SMILES string of the molecule is C=Cc1c(Cl)cnn1CC. The average Bonchev–Trinajstić information content (AvgIpc) is 2.30. The lowest BCUT2D eigenvalue weighted by Gasteiger charge is -1.97. The van der Waals surface area contributed by atoms with Crippen LogP contribution in [0.1, 0.15) is 12.6 Å². The Kier molecular flexibility index (Phi) is 2.12. The summed E-state index contributed by atoms with van der Waals surface area (Å²) < 4.78 is 1.80. The second-order valence-corrected chi connectivity index (χ2v) is 2.30. The molecule has 0 spiro atoms. The number of nitrogens with zero attached hydrogens (tertiary/aromatic N) is 2. The van der Waals surface area contributed by atoms with Crippen LogP contribution in [0.5, 0.6) is 0 Å². The molecule has 0 aromatic carbocycles. The second kappa shape index (κ2) is 2.88. The normalized spacial score (nSPS) is 9.80. The Hall–Kier alpha value is -0.760. The first-order chi connectivity index (χ1) is 4.79. The van der Waals surface area contributed by atoms with Gasteiger partial charge in [-0.15, -0.1) is 0 Å². The van der Waals surface area contributed by atoms with Crippen LogP contribution in [0.2, 0.25) is 5.02 Å². The van der Waals surface area contributed by atoms with Crippen LogP contribution in [-0.4, -0.2) is 9.78 Å². The minimum absolute atomic E-state index is 0.664. The summed E-state index contributed by atoms with van der Waals surface area (Å²) in [5.41, 5.74) is 0.893. The van der Waals surface area contributed by atoms with Crippen LogP contribution in [0.25, 0.3) is 6.08 Å². The van der Waals surface area contributed by atoms with E-state index in [4.69, 9.17) is 11.6 Å². The fourth-order valence-corrected chi connectivity index (χ4v) is 1.05. The third-order valence-corrected chi connectivity index (χ3v) is 1.62. The van der Waals surface area contributed by atoms with Gasteiger partial charge in [-0.25, -0.2) is 0 Å². The minimum Gasteiger partial charge on any atom is -0.264 e. The molecule has 10 heavy (non-hydrogen) atoms. The van der Waals surface area contributed by atoms with Crippen molar-refractivity contribution in [2.75, 3.05) is 0 Å². The van der Waals surface area contributed by atoms with Gasteiger partial charge in [-0.05, 0) is 13.0 Å². The Balaban J connectivity index is 3.12. The van der Waals surface area contributed by atoms with Crippen molar-refractivity contribution in [3.05, 3.63) is 23.5 Å². The molecule has 1 heterocycles. The van der Waals surface area contributed by atoms with E-state index >= 15 is 0 Å². The van der Waals surface area contributed by atoms with Gasteiger partial charge in [-0.2, -0.15) is 5.10 Å². The van der Waals surface area contributed by atoms with Crippen molar-refractivity contribution in [2.24, 2.45) is 0 Å². The van der Waals surface area contributed by atoms with Gasteiger partial charge in [-0.3, -0.25) is 4.68 Å². The first kappa shape index (κ1) is 7.35. The van der Waals surface area contributed by atoms with Gasteiger partial charge in [0.2, 0.25) is 0 Å². The Morgan fingerprint density at radius 2 is 2.60 bits per heavy atom. The maximum absolute atomic E-state index is 5.77. The summed E-state index contributed by atoms with van der Waals surface area (Å²) in [6.07, 6.45) is 3.33. The molecule has 0 aliphatic rings. The molecule has 0 bridgehead atoms. The van der Waals surface area contributed by atoms with E-state index < -0.39 is 0 Å². The van der Waals surface area contributed by atoms with Crippen molar-refractivity contribution in [1.82, 2.24) is 9.78 Å². The van der Waals surface area contributed by atoms with E-state index in [1.54, 1.807) is 17.0 Å². The van der Waals surface area contributed by atoms with Gasteiger partial charge in [0.1, 0.15) is 0 Å². The quantitative estimate of drug-likeness (QED) is 0.642. The maximum atomic E-state index is 5.77. The zero-order chi connectivity index (χ0) is 7.56. The zero-order valence-corrected chi connectivity index (χ0v) is 6.60. The molecule has 0 aliphatic heterocycles. The van der Waals surface area contributed by atoms with Crippen LogP contribution < -0.4 is 0 Å². The molecular weight excluding hydrogens is 148 g/mol. The first-order valence-corrected chi connectivity index (χ1v) is 3.51. The lowest BCUT2D eigenvalue weighted by molar-refractivity contribution is 0.654. The van der Waals surface area contributed by atoms with Gasteiger partial charge in [-0.1, -0.05) is 18.2 Å². The molecule has 1 aromatic heterocycles. The fourth-order valence-electron chi connectivity index (χ4n) is 0.827. The smallest absolute Gasteiger partial charge is 0.0859 e. The average molecular weight is 157 g/mol. The first-order valence-electron chi connectivity index (χ1n) is 3.13. The number of hydrogen-bond acceptors (Lipinski definition) is 1. The molecule has 1 rings (SSSR count). The zero-order valence-electron chi connectivity index (χ0n) is 5.84. The Labute approximate surface area is 65.1 Å². The van der Waals surface area contributed by atoms with Crippen LogP contribution in [0.4, 0.5) is 0 Å². The molecule has 2 nitrogen and oxygen atoms in total. The topological polar surface area (TPSA) is 17.8 Å². The standard InChI is InChI=1S/C7H9ClN2/c1-3-7-6(8)5-9-10(7)4-2/h3,5H,1,4H2,2H3. The van der Waals surface area contributed by atoms with E-state index in [1.165, 1.54) is 0 Å². The van der Waals surface area contributed by atoms with Crippen molar-refractivity contribution in [3.63, 3.8) is 0 Å². The molecule has 0 unspecified atom stereocenters.